The summed E-state index contributed by atoms with van der Waals surface area (Å²) >= 11 is 0. The topological polar surface area (TPSA) is 127 Å². The van der Waals surface area contributed by atoms with Crippen LogP contribution in [0.1, 0.15) is 80.5 Å². The predicted molar refractivity (Wildman–Crippen MR) is 155 cm³/mol. The van der Waals surface area contributed by atoms with Crippen molar-refractivity contribution in [2.24, 2.45) is 0 Å². The number of carboxylic acid groups (broad SMARTS) is 1. The Kier molecular flexibility index (Phi) is 10.6. The highest BCUT2D eigenvalue weighted by Crippen LogP contribution is 2.39. The summed E-state index contributed by atoms with van der Waals surface area (Å²) in [5.74, 6) is -1.31. The fourth-order valence-corrected chi connectivity index (χ4v) is 5.87. The molecule has 5 rings (SSSR count). The average Bonchev–Trinajstić information content (AvgIpc) is 3.46. The van der Waals surface area contributed by atoms with Crippen molar-refractivity contribution in [1.29, 1.82) is 0 Å². The number of nitrogens with one attached hydrogen (secondary N) is 1. The molecular formula is C32H42N2O8. The Labute approximate surface area is 246 Å². The van der Waals surface area contributed by atoms with Crippen LogP contribution < -0.4 is 5.32 Å². The molecule has 3 atom stereocenters. The summed E-state index contributed by atoms with van der Waals surface area (Å²) in [4.78, 5) is 25.4. The molecule has 2 aromatic rings. The highest BCUT2D eigenvalue weighted by atomic mass is 16.7. The second kappa shape index (κ2) is 14.5. The summed E-state index contributed by atoms with van der Waals surface area (Å²) in [6.07, 6.45) is 4.05. The van der Waals surface area contributed by atoms with Crippen molar-refractivity contribution in [2.75, 3.05) is 38.2 Å². The van der Waals surface area contributed by atoms with E-state index in [1.54, 1.807) is 0 Å². The third kappa shape index (κ3) is 8.37. The number of aliphatic carboxylic acids is 1. The number of aliphatic hydroxyl groups excluding tert-OH is 1. The molecule has 0 unspecified atom stereocenters. The van der Waals surface area contributed by atoms with E-state index in [-0.39, 0.29) is 31.1 Å². The number of anilines is 1. The van der Waals surface area contributed by atoms with E-state index in [1.807, 2.05) is 48.5 Å². The third-order valence-corrected chi connectivity index (χ3v) is 8.27. The van der Waals surface area contributed by atoms with Gasteiger partial charge in [-0.25, -0.2) is 0 Å². The summed E-state index contributed by atoms with van der Waals surface area (Å²) in [6, 6.07) is 15.4. The number of amides is 1. The number of hydrogen-bond acceptors (Lipinski definition) is 8. The number of nitrogens with zero attached hydrogens (tertiary/aromatic N) is 1. The van der Waals surface area contributed by atoms with Gasteiger partial charge in [0.25, 0.3) is 0 Å². The van der Waals surface area contributed by atoms with Crippen molar-refractivity contribution in [3.63, 3.8) is 0 Å². The van der Waals surface area contributed by atoms with Gasteiger partial charge in [-0.15, -0.1) is 0 Å². The minimum atomic E-state index is -0.809. The van der Waals surface area contributed by atoms with Gasteiger partial charge in [-0.1, -0.05) is 42.8 Å². The Morgan fingerprint density at radius 1 is 0.881 bits per heavy atom. The number of hydrogen-bond donors (Lipinski definition) is 3. The maximum atomic E-state index is 12.3. The molecule has 3 saturated heterocycles. The van der Waals surface area contributed by atoms with Crippen LogP contribution in [0.5, 0.6) is 0 Å². The van der Waals surface area contributed by atoms with E-state index in [2.05, 4.69) is 10.2 Å². The zero-order valence-electron chi connectivity index (χ0n) is 24.0. The monoisotopic (exact) mass is 582 g/mol. The molecule has 2 aromatic carbocycles. The Bertz CT molecular complexity index is 1160. The summed E-state index contributed by atoms with van der Waals surface area (Å²) in [6.45, 7) is 3.88. The van der Waals surface area contributed by atoms with Crippen LogP contribution in [-0.4, -0.2) is 71.7 Å². The molecule has 42 heavy (non-hydrogen) atoms. The Balaban J connectivity index is 1.20. The highest BCUT2D eigenvalue weighted by molar-refractivity contribution is 5.90. The highest BCUT2D eigenvalue weighted by Gasteiger charge is 2.41. The van der Waals surface area contributed by atoms with Crippen molar-refractivity contribution in [3.8, 4) is 0 Å². The lowest BCUT2D eigenvalue weighted by molar-refractivity contribution is -0.255. The second-order valence-corrected chi connectivity index (χ2v) is 11.4. The third-order valence-electron chi connectivity index (χ3n) is 8.27. The van der Waals surface area contributed by atoms with Gasteiger partial charge in [0, 0.05) is 63.0 Å². The van der Waals surface area contributed by atoms with Crippen LogP contribution in [0.4, 0.5) is 5.69 Å². The number of unbranched alkanes of at least 4 members (excludes halogenated alkanes) is 2. The average molecular weight is 583 g/mol. The summed E-state index contributed by atoms with van der Waals surface area (Å²) < 4.78 is 24.8. The number of carbonyl (C=O) groups excluding carboxylic acids is 1. The van der Waals surface area contributed by atoms with E-state index in [1.165, 1.54) is 0 Å². The standard InChI is InChI=1S/C32H42N2O8/c35-22-23-6-8-24(9-7-23)28-20-27(21-34-16-14-32(15-17-34)39-18-19-40-32)41-31(42-28)25-10-12-26(13-11-25)33-29(36)4-2-1-3-5-30(37)38/h6-13,27-28,31,35H,1-5,14-22H2,(H,33,36)(H,37,38)/t27-,28+,31+/m1/s1. The molecule has 3 N–H and O–H groups in total. The Morgan fingerprint density at radius 3 is 2.21 bits per heavy atom. The van der Waals surface area contributed by atoms with Gasteiger partial charge in [0.2, 0.25) is 5.91 Å². The molecule has 228 valence electrons. The molecule has 3 aliphatic heterocycles. The first kappa shape index (κ1) is 30.6. The van der Waals surface area contributed by atoms with E-state index < -0.39 is 18.0 Å². The zero-order valence-corrected chi connectivity index (χ0v) is 24.0. The quantitative estimate of drug-likeness (QED) is 0.309. The van der Waals surface area contributed by atoms with Crippen LogP contribution in [0.15, 0.2) is 48.5 Å². The molecular weight excluding hydrogens is 540 g/mol. The van der Waals surface area contributed by atoms with Gasteiger partial charge in [0.15, 0.2) is 12.1 Å². The fourth-order valence-electron chi connectivity index (χ4n) is 5.87. The number of ether oxygens (including phenoxy) is 4. The number of benzene rings is 2. The lowest BCUT2D eigenvalue weighted by atomic mass is 9.98. The molecule has 10 nitrogen and oxygen atoms in total. The summed E-state index contributed by atoms with van der Waals surface area (Å²) in [5.41, 5.74) is 3.46. The molecule has 1 spiro atoms. The molecule has 10 heteroatoms. The van der Waals surface area contributed by atoms with Crippen LogP contribution >= 0.6 is 0 Å². The normalized spacial score (nSPS) is 24.1. The molecule has 1 amide bonds. The molecule has 0 saturated carbocycles. The molecule has 0 bridgehead atoms. The smallest absolute Gasteiger partial charge is 0.303 e. The first-order valence-corrected chi connectivity index (χ1v) is 15.0. The molecule has 0 aromatic heterocycles. The second-order valence-electron chi connectivity index (χ2n) is 11.4. The SMILES string of the molecule is O=C(O)CCCCCC(=O)Nc1ccc([C@H]2O[C@@H](CN3CCC4(CC3)OCCO4)C[C@@H](c3ccc(CO)cc3)O2)cc1. The fraction of sp³-hybridized carbons (Fsp3) is 0.562. The lowest BCUT2D eigenvalue weighted by Crippen LogP contribution is -2.48. The molecule has 3 aliphatic rings. The summed E-state index contributed by atoms with van der Waals surface area (Å²) in [5, 5.41) is 21.1. The van der Waals surface area contributed by atoms with Crippen molar-refractivity contribution in [3.05, 3.63) is 65.2 Å². The van der Waals surface area contributed by atoms with E-state index in [0.717, 1.165) is 49.2 Å². The van der Waals surface area contributed by atoms with Gasteiger partial charge in [-0.05, 0) is 36.1 Å². The van der Waals surface area contributed by atoms with Gasteiger partial charge in [0.05, 0.1) is 32.0 Å². The van der Waals surface area contributed by atoms with Gasteiger partial charge in [-0.2, -0.15) is 0 Å². The first-order valence-electron chi connectivity index (χ1n) is 15.0. The van der Waals surface area contributed by atoms with Crippen LogP contribution in [0.25, 0.3) is 0 Å². The number of piperidine rings is 1. The number of carbonyl (C=O) groups is 2. The number of aliphatic hydroxyl groups is 1. The maximum absolute atomic E-state index is 12.3. The minimum Gasteiger partial charge on any atom is -0.481 e. The van der Waals surface area contributed by atoms with E-state index in [9.17, 15) is 14.7 Å². The van der Waals surface area contributed by atoms with Crippen molar-refractivity contribution in [2.45, 2.75) is 82.3 Å². The predicted octanol–water partition coefficient (Wildman–Crippen LogP) is 4.54. The Hall–Kier alpha value is -2.86. The molecule has 3 heterocycles. The number of likely N-dealkylation sites (tertiary alicyclic amines) is 1. The number of carboxylic acids is 1. The van der Waals surface area contributed by atoms with Crippen LogP contribution in [-0.2, 0) is 35.1 Å². The summed E-state index contributed by atoms with van der Waals surface area (Å²) in [7, 11) is 0. The molecule has 0 aliphatic carbocycles. The molecule has 0 radical (unpaired) electrons. The largest absolute Gasteiger partial charge is 0.481 e. The van der Waals surface area contributed by atoms with Crippen molar-refractivity contribution < 1.29 is 38.7 Å². The van der Waals surface area contributed by atoms with Gasteiger partial charge >= 0.3 is 5.97 Å². The van der Waals surface area contributed by atoms with Gasteiger partial charge < -0.3 is 39.4 Å². The van der Waals surface area contributed by atoms with E-state index in [0.29, 0.717) is 51.0 Å². The Morgan fingerprint density at radius 2 is 1.55 bits per heavy atom. The van der Waals surface area contributed by atoms with Crippen LogP contribution in [0, 0.1) is 0 Å². The van der Waals surface area contributed by atoms with E-state index >= 15 is 0 Å². The maximum Gasteiger partial charge on any atom is 0.303 e. The van der Waals surface area contributed by atoms with Crippen molar-refractivity contribution >= 4 is 17.6 Å². The van der Waals surface area contributed by atoms with Gasteiger partial charge in [-0.3, -0.25) is 9.59 Å². The molecule has 3 fully saturated rings. The van der Waals surface area contributed by atoms with E-state index in [4.69, 9.17) is 24.1 Å². The van der Waals surface area contributed by atoms with Crippen molar-refractivity contribution in [1.82, 2.24) is 4.90 Å². The van der Waals surface area contributed by atoms with Crippen LogP contribution in [0.3, 0.4) is 0 Å². The van der Waals surface area contributed by atoms with Crippen LogP contribution in [0.2, 0.25) is 0 Å². The first-order chi connectivity index (χ1) is 20.4. The van der Waals surface area contributed by atoms with Gasteiger partial charge in [0.1, 0.15) is 0 Å². The minimum absolute atomic E-state index is 0.00233. The number of rotatable bonds is 12. The zero-order chi connectivity index (χ0) is 29.4. The lowest BCUT2D eigenvalue weighted by Gasteiger charge is -2.41.